The van der Waals surface area contributed by atoms with E-state index in [0.717, 1.165) is 31.5 Å². The molecule has 0 saturated carbocycles. The Kier molecular flexibility index (Phi) is 5.16. The van der Waals surface area contributed by atoms with E-state index >= 15 is 0 Å². The second-order valence-electron chi connectivity index (χ2n) is 5.19. The molecule has 1 unspecified atom stereocenters. The van der Waals surface area contributed by atoms with Crippen LogP contribution in [0.25, 0.3) is 0 Å². The summed E-state index contributed by atoms with van der Waals surface area (Å²) in [6, 6.07) is 6.51. The molecule has 1 atom stereocenters. The third-order valence-corrected chi connectivity index (χ3v) is 3.51. The minimum Gasteiger partial charge on any atom is -0.389 e. The Morgan fingerprint density at radius 1 is 1.24 bits per heavy atom. The normalized spacial score (nSPS) is 15.6. The Bertz CT molecular complexity index is 493. The van der Waals surface area contributed by atoms with Crippen LogP contribution in [-0.4, -0.2) is 41.6 Å². The minimum atomic E-state index is -0.536. The molecule has 2 rings (SSSR count). The van der Waals surface area contributed by atoms with E-state index < -0.39 is 12.1 Å². The van der Waals surface area contributed by atoms with Gasteiger partial charge in [-0.1, -0.05) is 12.1 Å². The smallest absolute Gasteiger partial charge is 0.319 e. The van der Waals surface area contributed by atoms with Gasteiger partial charge in [-0.05, 0) is 37.5 Å². The maximum absolute atomic E-state index is 11.8. The number of carbonyl (C=O) groups excluding carboxylic acids is 2. The first-order valence-corrected chi connectivity index (χ1v) is 7.17. The summed E-state index contributed by atoms with van der Waals surface area (Å²) < 4.78 is 0. The maximum atomic E-state index is 11.8. The van der Waals surface area contributed by atoms with Crippen LogP contribution in [-0.2, 0) is 4.79 Å². The van der Waals surface area contributed by atoms with Gasteiger partial charge < -0.3 is 20.6 Å². The maximum Gasteiger partial charge on any atom is 0.319 e. The van der Waals surface area contributed by atoms with Crippen molar-refractivity contribution in [3.8, 4) is 0 Å². The Labute approximate surface area is 124 Å². The predicted molar refractivity (Wildman–Crippen MR) is 79.9 cm³/mol. The van der Waals surface area contributed by atoms with E-state index in [1.165, 1.54) is 0 Å². The fourth-order valence-electron chi connectivity index (χ4n) is 2.25. The van der Waals surface area contributed by atoms with Crippen LogP contribution in [0.2, 0.25) is 0 Å². The highest BCUT2D eigenvalue weighted by Gasteiger charge is 2.18. The first-order chi connectivity index (χ1) is 10.1. The highest BCUT2D eigenvalue weighted by Crippen LogP contribution is 2.15. The molecule has 6 heteroatoms. The lowest BCUT2D eigenvalue weighted by atomic mass is 10.1. The quantitative estimate of drug-likeness (QED) is 0.786. The Morgan fingerprint density at radius 3 is 2.43 bits per heavy atom. The first kappa shape index (κ1) is 15.3. The zero-order valence-electron chi connectivity index (χ0n) is 12.1. The molecule has 1 aromatic carbocycles. The van der Waals surface area contributed by atoms with E-state index in [4.69, 9.17) is 0 Å². The van der Waals surface area contributed by atoms with Gasteiger partial charge in [0.1, 0.15) is 0 Å². The summed E-state index contributed by atoms with van der Waals surface area (Å²) in [6.45, 7) is 3.25. The second-order valence-corrected chi connectivity index (χ2v) is 5.19. The summed E-state index contributed by atoms with van der Waals surface area (Å²) in [5.74, 6) is -0.0490. The second kappa shape index (κ2) is 7.08. The van der Waals surface area contributed by atoms with Crippen molar-refractivity contribution < 1.29 is 14.7 Å². The molecule has 6 nitrogen and oxygen atoms in total. The molecular formula is C15H21N3O3. The number of urea groups is 1. The average Bonchev–Trinajstić information content (AvgIpc) is 2.99. The molecule has 0 spiro atoms. The molecule has 3 amide bonds. The standard InChI is InChI=1S/C15H21N3O3/c1-11(19)12-4-6-13(7-5-12)17-15(21)16-10-14(20)18-8-2-3-9-18/h4-7,11,19H,2-3,8-10H2,1H3,(H2,16,17,21). The number of aliphatic hydroxyl groups is 1. The van der Waals surface area contributed by atoms with Crippen LogP contribution in [0, 0.1) is 0 Å². The van der Waals surface area contributed by atoms with Gasteiger partial charge in [-0.2, -0.15) is 0 Å². The third kappa shape index (κ3) is 4.46. The van der Waals surface area contributed by atoms with Gasteiger partial charge in [-0.15, -0.1) is 0 Å². The molecule has 3 N–H and O–H groups in total. The van der Waals surface area contributed by atoms with Crippen LogP contribution in [0.3, 0.4) is 0 Å². The molecule has 0 bridgehead atoms. The van der Waals surface area contributed by atoms with Crippen molar-refractivity contribution >= 4 is 17.6 Å². The number of carbonyl (C=O) groups is 2. The fourth-order valence-corrected chi connectivity index (χ4v) is 2.25. The number of nitrogens with zero attached hydrogens (tertiary/aromatic N) is 1. The number of amides is 3. The number of hydrogen-bond acceptors (Lipinski definition) is 3. The summed E-state index contributed by atoms with van der Waals surface area (Å²) >= 11 is 0. The SMILES string of the molecule is CC(O)c1ccc(NC(=O)NCC(=O)N2CCCC2)cc1. The van der Waals surface area contributed by atoms with Crippen molar-refractivity contribution in [2.45, 2.75) is 25.9 Å². The summed E-state index contributed by atoms with van der Waals surface area (Å²) in [6.07, 6.45) is 1.53. The van der Waals surface area contributed by atoms with Gasteiger partial charge in [0.15, 0.2) is 0 Å². The molecule has 1 saturated heterocycles. The van der Waals surface area contributed by atoms with E-state index in [0.29, 0.717) is 5.69 Å². The van der Waals surface area contributed by atoms with Gasteiger partial charge in [0.2, 0.25) is 5.91 Å². The van der Waals surface area contributed by atoms with Gasteiger partial charge in [0.25, 0.3) is 0 Å². The van der Waals surface area contributed by atoms with Crippen LogP contribution in [0.1, 0.15) is 31.4 Å². The highest BCUT2D eigenvalue weighted by atomic mass is 16.3. The molecule has 0 radical (unpaired) electrons. The summed E-state index contributed by atoms with van der Waals surface area (Å²) in [5, 5.41) is 14.6. The highest BCUT2D eigenvalue weighted by molar-refractivity contribution is 5.92. The Morgan fingerprint density at radius 2 is 1.86 bits per heavy atom. The van der Waals surface area contributed by atoms with Gasteiger partial charge in [0, 0.05) is 18.8 Å². The van der Waals surface area contributed by atoms with E-state index in [1.54, 1.807) is 36.1 Å². The number of hydrogen-bond donors (Lipinski definition) is 3. The molecule has 1 heterocycles. The lowest BCUT2D eigenvalue weighted by Gasteiger charge is -2.15. The average molecular weight is 291 g/mol. The van der Waals surface area contributed by atoms with Crippen LogP contribution >= 0.6 is 0 Å². The van der Waals surface area contributed by atoms with Crippen LogP contribution < -0.4 is 10.6 Å². The number of aliphatic hydroxyl groups excluding tert-OH is 1. The van der Waals surface area contributed by atoms with E-state index in [9.17, 15) is 14.7 Å². The lowest BCUT2D eigenvalue weighted by Crippen LogP contribution is -2.40. The van der Waals surface area contributed by atoms with Gasteiger partial charge in [-0.25, -0.2) is 4.79 Å². The van der Waals surface area contributed by atoms with E-state index in [2.05, 4.69) is 10.6 Å². The molecule has 1 fully saturated rings. The summed E-state index contributed by atoms with van der Waals surface area (Å²) in [5.41, 5.74) is 1.40. The van der Waals surface area contributed by atoms with Gasteiger partial charge in [0.05, 0.1) is 12.6 Å². The molecule has 1 aliphatic rings. The van der Waals surface area contributed by atoms with Crippen molar-refractivity contribution in [3.05, 3.63) is 29.8 Å². The molecule has 114 valence electrons. The zero-order valence-corrected chi connectivity index (χ0v) is 12.1. The number of likely N-dealkylation sites (tertiary alicyclic amines) is 1. The molecule has 0 aliphatic carbocycles. The Balaban J connectivity index is 1.77. The molecule has 0 aromatic heterocycles. The van der Waals surface area contributed by atoms with Crippen molar-refractivity contribution in [2.75, 3.05) is 25.0 Å². The van der Waals surface area contributed by atoms with Crippen LogP contribution in [0.4, 0.5) is 10.5 Å². The van der Waals surface area contributed by atoms with E-state index in [1.807, 2.05) is 0 Å². The van der Waals surface area contributed by atoms with Gasteiger partial charge >= 0.3 is 6.03 Å². The minimum absolute atomic E-state index is 0.0115. The van der Waals surface area contributed by atoms with E-state index in [-0.39, 0.29) is 12.5 Å². The first-order valence-electron chi connectivity index (χ1n) is 7.17. The number of benzene rings is 1. The van der Waals surface area contributed by atoms with Crippen LogP contribution in [0.15, 0.2) is 24.3 Å². The molecule has 1 aliphatic heterocycles. The van der Waals surface area contributed by atoms with Gasteiger partial charge in [-0.3, -0.25) is 4.79 Å². The van der Waals surface area contributed by atoms with Crippen molar-refractivity contribution in [1.29, 1.82) is 0 Å². The topological polar surface area (TPSA) is 81.7 Å². The molecule has 1 aromatic rings. The summed E-state index contributed by atoms with van der Waals surface area (Å²) in [7, 11) is 0. The molecular weight excluding hydrogens is 270 g/mol. The predicted octanol–water partition coefficient (Wildman–Crippen LogP) is 1.48. The van der Waals surface area contributed by atoms with Crippen molar-refractivity contribution in [3.63, 3.8) is 0 Å². The zero-order chi connectivity index (χ0) is 15.2. The number of anilines is 1. The van der Waals surface area contributed by atoms with Crippen molar-refractivity contribution in [1.82, 2.24) is 10.2 Å². The van der Waals surface area contributed by atoms with Crippen LogP contribution in [0.5, 0.6) is 0 Å². The number of nitrogens with one attached hydrogen (secondary N) is 2. The lowest BCUT2D eigenvalue weighted by molar-refractivity contribution is -0.128. The van der Waals surface area contributed by atoms with Crippen molar-refractivity contribution in [2.24, 2.45) is 0 Å². The third-order valence-electron chi connectivity index (χ3n) is 3.51. The Hall–Kier alpha value is -2.08. The number of rotatable bonds is 4. The summed E-state index contributed by atoms with van der Waals surface area (Å²) in [4.78, 5) is 25.2. The fraction of sp³-hybridized carbons (Fsp3) is 0.467. The molecule has 21 heavy (non-hydrogen) atoms. The largest absolute Gasteiger partial charge is 0.389 e. The monoisotopic (exact) mass is 291 g/mol.